The zero-order valence-corrected chi connectivity index (χ0v) is 15.1. The average Bonchev–Trinajstić information content (AvgIpc) is 3.07. The van der Waals surface area contributed by atoms with E-state index in [1.54, 1.807) is 11.3 Å². The summed E-state index contributed by atoms with van der Waals surface area (Å²) in [6, 6.07) is 11.7. The maximum Gasteiger partial charge on any atom is 0.227 e. The molecule has 128 valence electrons. The van der Waals surface area contributed by atoms with Crippen LogP contribution in [0.2, 0.25) is 0 Å². The average molecular weight is 363 g/mol. The number of hydrogen-bond acceptors (Lipinski definition) is 4. The van der Waals surface area contributed by atoms with Crippen LogP contribution in [0.25, 0.3) is 0 Å². The third-order valence-electron chi connectivity index (χ3n) is 3.44. The van der Waals surface area contributed by atoms with E-state index in [1.807, 2.05) is 24.3 Å². The molecule has 0 atom stereocenters. The number of primary amides is 1. The van der Waals surface area contributed by atoms with Gasteiger partial charge in [-0.05, 0) is 42.8 Å². The first-order chi connectivity index (χ1) is 11.6. The van der Waals surface area contributed by atoms with Crippen molar-refractivity contribution in [2.75, 3.05) is 11.1 Å². The third-order valence-corrected chi connectivity index (χ3v) is 5.47. The fraction of sp³-hybridized carbons (Fsp3) is 0.333. The number of thiophene rings is 1. The van der Waals surface area contributed by atoms with Crippen molar-refractivity contribution in [3.63, 3.8) is 0 Å². The maximum absolute atomic E-state index is 12.1. The van der Waals surface area contributed by atoms with Crippen LogP contribution in [0.4, 0.5) is 5.69 Å². The van der Waals surface area contributed by atoms with Crippen molar-refractivity contribution < 1.29 is 9.59 Å². The van der Waals surface area contributed by atoms with Crippen molar-refractivity contribution in [3.8, 4) is 0 Å². The fourth-order valence-corrected chi connectivity index (χ4v) is 3.77. The van der Waals surface area contributed by atoms with Gasteiger partial charge in [-0.3, -0.25) is 9.59 Å². The lowest BCUT2D eigenvalue weighted by Crippen LogP contribution is -2.14. The number of hydrogen-bond donors (Lipinski definition) is 2. The van der Waals surface area contributed by atoms with Crippen LogP contribution < -0.4 is 11.1 Å². The molecule has 0 aliphatic carbocycles. The van der Waals surface area contributed by atoms with Gasteiger partial charge in [0.2, 0.25) is 11.8 Å². The topological polar surface area (TPSA) is 72.2 Å². The Morgan fingerprint density at radius 3 is 2.67 bits per heavy atom. The SMILES string of the molecule is NC(=O)CSc1ccccc1NC(=O)CCCCCc1cccs1. The number of nitrogens with one attached hydrogen (secondary N) is 1. The van der Waals surface area contributed by atoms with Gasteiger partial charge in [-0.25, -0.2) is 0 Å². The summed E-state index contributed by atoms with van der Waals surface area (Å²) in [5, 5.41) is 5.02. The minimum Gasteiger partial charge on any atom is -0.369 e. The Morgan fingerprint density at radius 1 is 1.08 bits per heavy atom. The van der Waals surface area contributed by atoms with Crippen LogP contribution in [0.15, 0.2) is 46.7 Å². The zero-order chi connectivity index (χ0) is 17.2. The molecule has 1 heterocycles. The highest BCUT2D eigenvalue weighted by Crippen LogP contribution is 2.26. The number of aryl methyl sites for hydroxylation is 1. The van der Waals surface area contributed by atoms with Gasteiger partial charge in [-0.2, -0.15) is 0 Å². The fourth-order valence-electron chi connectivity index (χ4n) is 2.27. The Hall–Kier alpha value is -1.79. The Morgan fingerprint density at radius 2 is 1.92 bits per heavy atom. The molecule has 0 spiro atoms. The molecule has 0 aliphatic heterocycles. The Labute approximate surface area is 150 Å². The van der Waals surface area contributed by atoms with Crippen LogP contribution in [-0.2, 0) is 16.0 Å². The summed E-state index contributed by atoms with van der Waals surface area (Å²) in [5.74, 6) is -0.152. The second kappa shape index (κ2) is 10.2. The highest BCUT2D eigenvalue weighted by atomic mass is 32.2. The first-order valence-corrected chi connectivity index (χ1v) is 9.84. The van der Waals surface area contributed by atoms with E-state index in [2.05, 4.69) is 22.8 Å². The smallest absolute Gasteiger partial charge is 0.227 e. The van der Waals surface area contributed by atoms with Gasteiger partial charge in [0.15, 0.2) is 0 Å². The monoisotopic (exact) mass is 362 g/mol. The lowest BCUT2D eigenvalue weighted by atomic mass is 10.1. The van der Waals surface area contributed by atoms with Crippen molar-refractivity contribution in [1.29, 1.82) is 0 Å². The van der Waals surface area contributed by atoms with Gasteiger partial charge < -0.3 is 11.1 Å². The van der Waals surface area contributed by atoms with Gasteiger partial charge in [0.25, 0.3) is 0 Å². The van der Waals surface area contributed by atoms with E-state index in [0.29, 0.717) is 6.42 Å². The summed E-state index contributed by atoms with van der Waals surface area (Å²) in [6.45, 7) is 0. The van der Waals surface area contributed by atoms with Gasteiger partial charge in [0, 0.05) is 16.2 Å². The molecule has 0 saturated heterocycles. The maximum atomic E-state index is 12.1. The Balaban J connectivity index is 1.70. The summed E-state index contributed by atoms with van der Waals surface area (Å²) in [7, 11) is 0. The molecule has 0 fully saturated rings. The molecule has 2 aromatic rings. The van der Waals surface area contributed by atoms with Crippen LogP contribution in [-0.4, -0.2) is 17.6 Å². The largest absolute Gasteiger partial charge is 0.369 e. The highest BCUT2D eigenvalue weighted by Gasteiger charge is 2.08. The van der Waals surface area contributed by atoms with Crippen LogP contribution in [0.5, 0.6) is 0 Å². The van der Waals surface area contributed by atoms with E-state index in [1.165, 1.54) is 16.6 Å². The molecule has 0 aliphatic rings. The molecule has 0 unspecified atom stereocenters. The number of rotatable bonds is 10. The number of carbonyl (C=O) groups excluding carboxylic acids is 2. The zero-order valence-electron chi connectivity index (χ0n) is 13.5. The van der Waals surface area contributed by atoms with E-state index in [0.717, 1.165) is 36.3 Å². The molecule has 2 amide bonds. The summed E-state index contributed by atoms with van der Waals surface area (Å²) < 4.78 is 0. The number of anilines is 1. The minimum absolute atomic E-state index is 0.0123. The molecular weight excluding hydrogens is 340 g/mol. The number of carbonyl (C=O) groups is 2. The minimum atomic E-state index is -0.369. The molecule has 1 aromatic carbocycles. The van der Waals surface area contributed by atoms with E-state index in [-0.39, 0.29) is 17.6 Å². The van der Waals surface area contributed by atoms with Crippen LogP contribution in [0, 0.1) is 0 Å². The Bertz CT molecular complexity index is 657. The number of thioether (sulfide) groups is 1. The molecule has 2 rings (SSSR count). The second-order valence-electron chi connectivity index (χ2n) is 5.44. The van der Waals surface area contributed by atoms with Crippen LogP contribution in [0.3, 0.4) is 0 Å². The third kappa shape index (κ3) is 6.76. The lowest BCUT2D eigenvalue weighted by Gasteiger charge is -2.10. The molecule has 24 heavy (non-hydrogen) atoms. The van der Waals surface area contributed by atoms with Crippen LogP contribution in [0.1, 0.15) is 30.6 Å². The molecule has 0 saturated carbocycles. The molecular formula is C18H22N2O2S2. The number of unbranched alkanes of at least 4 members (excludes halogenated alkanes) is 2. The van der Waals surface area contributed by atoms with E-state index < -0.39 is 0 Å². The van der Waals surface area contributed by atoms with Gasteiger partial charge >= 0.3 is 0 Å². The summed E-state index contributed by atoms with van der Waals surface area (Å²) in [5.41, 5.74) is 5.92. The molecule has 6 heteroatoms. The molecule has 3 N–H and O–H groups in total. The lowest BCUT2D eigenvalue weighted by molar-refractivity contribution is -0.116. The molecule has 0 radical (unpaired) electrons. The van der Waals surface area contributed by atoms with Gasteiger partial charge in [0.05, 0.1) is 11.4 Å². The van der Waals surface area contributed by atoms with Crippen LogP contribution >= 0.6 is 23.1 Å². The van der Waals surface area contributed by atoms with Gasteiger partial charge in [0.1, 0.15) is 0 Å². The summed E-state index contributed by atoms with van der Waals surface area (Å²) >= 11 is 3.12. The van der Waals surface area contributed by atoms with Crippen molar-refractivity contribution in [2.45, 2.75) is 37.0 Å². The van der Waals surface area contributed by atoms with Gasteiger partial charge in [-0.15, -0.1) is 23.1 Å². The predicted octanol–water partition coefficient (Wildman–Crippen LogP) is 4.07. The Kier molecular flexibility index (Phi) is 7.85. The molecule has 1 aromatic heterocycles. The van der Waals surface area contributed by atoms with E-state index >= 15 is 0 Å². The van der Waals surface area contributed by atoms with Crippen molar-refractivity contribution in [2.24, 2.45) is 5.73 Å². The van der Waals surface area contributed by atoms with Crippen molar-refractivity contribution >= 4 is 40.6 Å². The highest BCUT2D eigenvalue weighted by molar-refractivity contribution is 8.00. The van der Waals surface area contributed by atoms with Crippen molar-refractivity contribution in [3.05, 3.63) is 46.7 Å². The normalized spacial score (nSPS) is 10.5. The first kappa shape index (κ1) is 18.5. The molecule has 0 bridgehead atoms. The number of nitrogens with two attached hydrogens (primary N) is 1. The first-order valence-electron chi connectivity index (χ1n) is 7.97. The summed E-state index contributed by atoms with van der Waals surface area (Å²) in [6.07, 6.45) is 4.64. The van der Waals surface area contributed by atoms with E-state index in [9.17, 15) is 9.59 Å². The standard InChI is InChI=1S/C18H22N2O2S2/c19-17(21)13-24-16-10-5-4-9-15(16)20-18(22)11-3-1-2-7-14-8-6-12-23-14/h4-6,8-10,12H,1-3,7,11,13H2,(H2,19,21)(H,20,22). The number of amides is 2. The van der Waals surface area contributed by atoms with Crippen molar-refractivity contribution in [1.82, 2.24) is 0 Å². The van der Waals surface area contributed by atoms with Gasteiger partial charge in [-0.1, -0.05) is 24.6 Å². The quantitative estimate of drug-likeness (QED) is 0.494. The predicted molar refractivity (Wildman–Crippen MR) is 101 cm³/mol. The number of benzene rings is 1. The number of para-hydroxylation sites is 1. The molecule has 4 nitrogen and oxygen atoms in total. The second-order valence-corrected chi connectivity index (χ2v) is 7.49. The van der Waals surface area contributed by atoms with E-state index in [4.69, 9.17) is 5.73 Å². The summed E-state index contributed by atoms with van der Waals surface area (Å²) in [4.78, 5) is 25.3.